The maximum atomic E-state index is 4.64. The molecule has 0 nitrogen and oxygen atoms in total. The first-order valence-electron chi connectivity index (χ1n) is 7.23. The second-order valence-corrected chi connectivity index (χ2v) is 8.57. The van der Waals surface area contributed by atoms with E-state index in [0.29, 0.717) is 0 Å². The molecule has 0 bridgehead atoms. The lowest BCUT2D eigenvalue weighted by Gasteiger charge is -2.22. The second kappa shape index (κ2) is 8.13. The molecule has 22 heavy (non-hydrogen) atoms. The van der Waals surface area contributed by atoms with Gasteiger partial charge in [0.05, 0.1) is 6.66 Å². The standard InChI is InChI=1S/C19H18P.CH3Cl/c1-20(17-11-5-2-6-12-17,18-13-7-3-8-14-18)19-15-9-4-10-16-19;1-2/h2-16H,1H3;1H3/q+1;. The first-order chi connectivity index (χ1) is 10.8. The van der Waals surface area contributed by atoms with Crippen molar-refractivity contribution in [3.63, 3.8) is 0 Å². The van der Waals surface area contributed by atoms with Crippen molar-refractivity contribution in [1.29, 1.82) is 0 Å². The lowest BCUT2D eigenvalue weighted by Crippen LogP contribution is -2.30. The van der Waals surface area contributed by atoms with Crippen molar-refractivity contribution in [1.82, 2.24) is 0 Å². The first kappa shape index (κ1) is 16.7. The van der Waals surface area contributed by atoms with Gasteiger partial charge in [0.1, 0.15) is 23.2 Å². The van der Waals surface area contributed by atoms with E-state index in [1.54, 1.807) is 0 Å². The Kier molecular flexibility index (Phi) is 6.19. The molecule has 0 N–H and O–H groups in total. The van der Waals surface area contributed by atoms with Crippen LogP contribution in [0.4, 0.5) is 0 Å². The van der Waals surface area contributed by atoms with E-state index < -0.39 is 7.26 Å². The average Bonchev–Trinajstić information content (AvgIpc) is 2.65. The Morgan fingerprint density at radius 2 is 0.727 bits per heavy atom. The zero-order chi connectivity index (χ0) is 15.8. The van der Waals surface area contributed by atoms with Crippen LogP contribution < -0.4 is 15.9 Å². The molecule has 112 valence electrons. The molecule has 0 fully saturated rings. The molecule has 0 saturated heterocycles. The van der Waals surface area contributed by atoms with Crippen molar-refractivity contribution in [2.24, 2.45) is 0 Å². The van der Waals surface area contributed by atoms with Gasteiger partial charge in [0.25, 0.3) is 0 Å². The maximum absolute atomic E-state index is 4.64. The molecule has 0 radical (unpaired) electrons. The SMILES string of the molecule is CCl.C[P+](c1ccccc1)(c1ccccc1)c1ccccc1. The molecule has 0 saturated carbocycles. The van der Waals surface area contributed by atoms with Gasteiger partial charge >= 0.3 is 0 Å². The Bertz CT molecular complexity index is 569. The summed E-state index contributed by atoms with van der Waals surface area (Å²) in [5.41, 5.74) is 0. The van der Waals surface area contributed by atoms with Gasteiger partial charge in [0.2, 0.25) is 0 Å². The van der Waals surface area contributed by atoms with Gasteiger partial charge in [0, 0.05) is 6.38 Å². The summed E-state index contributed by atoms with van der Waals surface area (Å²) in [5, 5.41) is 4.28. The van der Waals surface area contributed by atoms with Crippen LogP contribution in [0.15, 0.2) is 91.0 Å². The number of alkyl halides is 1. The van der Waals surface area contributed by atoms with Crippen LogP contribution in [0.25, 0.3) is 0 Å². The largest absolute Gasteiger partial charge is 0.130 e. The van der Waals surface area contributed by atoms with Gasteiger partial charge in [-0.3, -0.25) is 0 Å². The zero-order valence-corrected chi connectivity index (χ0v) is 14.6. The molecular weight excluding hydrogens is 307 g/mol. The molecule has 0 spiro atoms. The van der Waals surface area contributed by atoms with E-state index in [-0.39, 0.29) is 0 Å². The van der Waals surface area contributed by atoms with Gasteiger partial charge in [-0.2, -0.15) is 0 Å². The fourth-order valence-electron chi connectivity index (χ4n) is 2.63. The summed E-state index contributed by atoms with van der Waals surface area (Å²) in [5.74, 6) is 0. The van der Waals surface area contributed by atoms with Gasteiger partial charge in [-0.25, -0.2) is 0 Å². The minimum atomic E-state index is -1.53. The van der Waals surface area contributed by atoms with Crippen molar-refractivity contribution in [3.8, 4) is 0 Å². The van der Waals surface area contributed by atoms with Gasteiger partial charge < -0.3 is 0 Å². The Morgan fingerprint density at radius 1 is 0.500 bits per heavy atom. The van der Waals surface area contributed by atoms with Crippen LogP contribution in [-0.4, -0.2) is 13.0 Å². The molecule has 0 aliphatic rings. The first-order valence-corrected chi connectivity index (χ1v) is 10.2. The molecule has 0 amide bonds. The summed E-state index contributed by atoms with van der Waals surface area (Å²) < 4.78 is 0. The van der Waals surface area contributed by atoms with E-state index in [0.717, 1.165) is 0 Å². The Morgan fingerprint density at radius 3 is 0.955 bits per heavy atom. The van der Waals surface area contributed by atoms with Crippen molar-refractivity contribution in [3.05, 3.63) is 91.0 Å². The predicted molar refractivity (Wildman–Crippen MR) is 103 cm³/mol. The molecule has 0 atom stereocenters. The molecule has 3 aromatic rings. The third-order valence-electron chi connectivity index (χ3n) is 3.82. The highest BCUT2D eigenvalue weighted by Gasteiger charge is 2.39. The molecule has 3 aromatic carbocycles. The van der Waals surface area contributed by atoms with E-state index in [9.17, 15) is 0 Å². The second-order valence-electron chi connectivity index (χ2n) is 5.01. The number of halogens is 1. The lowest BCUT2D eigenvalue weighted by molar-refractivity contribution is 1.72. The Hall–Kier alpha value is -1.62. The molecular formula is C20H21ClP+. The monoisotopic (exact) mass is 327 g/mol. The van der Waals surface area contributed by atoms with Crippen LogP contribution in [0.1, 0.15) is 0 Å². The Labute approximate surface area is 139 Å². The van der Waals surface area contributed by atoms with E-state index in [1.807, 2.05) is 0 Å². The molecule has 0 aliphatic heterocycles. The Balaban J connectivity index is 0.000000847. The highest BCUT2D eigenvalue weighted by atomic mass is 35.5. The zero-order valence-electron chi connectivity index (χ0n) is 13.0. The number of rotatable bonds is 3. The molecule has 0 aliphatic carbocycles. The van der Waals surface area contributed by atoms with Crippen LogP contribution in [-0.2, 0) is 0 Å². The topological polar surface area (TPSA) is 0 Å². The minimum absolute atomic E-state index is 1.43. The van der Waals surface area contributed by atoms with Crippen LogP contribution >= 0.6 is 18.9 Å². The highest BCUT2D eigenvalue weighted by molar-refractivity contribution is 7.95. The molecule has 3 rings (SSSR count). The summed E-state index contributed by atoms with van der Waals surface area (Å²) in [6.45, 7) is 2.41. The summed E-state index contributed by atoms with van der Waals surface area (Å²) in [6.07, 6.45) is 1.47. The van der Waals surface area contributed by atoms with Crippen molar-refractivity contribution < 1.29 is 0 Å². The van der Waals surface area contributed by atoms with Crippen molar-refractivity contribution >= 4 is 34.8 Å². The fourth-order valence-corrected chi connectivity index (χ4v) is 5.83. The molecule has 0 heterocycles. The van der Waals surface area contributed by atoms with Crippen LogP contribution in [0, 0.1) is 0 Å². The van der Waals surface area contributed by atoms with Crippen molar-refractivity contribution in [2.75, 3.05) is 13.0 Å². The van der Waals surface area contributed by atoms with E-state index in [1.165, 1.54) is 22.3 Å². The van der Waals surface area contributed by atoms with E-state index in [2.05, 4.69) is 109 Å². The van der Waals surface area contributed by atoms with Gasteiger partial charge in [0.15, 0.2) is 0 Å². The normalized spacial score (nSPS) is 10.5. The third-order valence-corrected chi connectivity index (χ3v) is 7.81. The molecule has 2 heteroatoms. The number of hydrogen-bond acceptors (Lipinski definition) is 0. The van der Waals surface area contributed by atoms with E-state index in [4.69, 9.17) is 0 Å². The summed E-state index contributed by atoms with van der Waals surface area (Å²) in [4.78, 5) is 0. The lowest BCUT2D eigenvalue weighted by atomic mass is 10.4. The van der Waals surface area contributed by atoms with Crippen LogP contribution in [0.5, 0.6) is 0 Å². The maximum Gasteiger partial charge on any atom is 0.109 e. The number of benzene rings is 3. The third kappa shape index (κ3) is 3.40. The molecule has 0 unspecified atom stereocenters. The summed E-state index contributed by atoms with van der Waals surface area (Å²) in [7, 11) is -1.53. The predicted octanol–water partition coefficient (Wildman–Crippen LogP) is 4.47. The van der Waals surface area contributed by atoms with E-state index >= 15 is 0 Å². The van der Waals surface area contributed by atoms with Crippen molar-refractivity contribution in [2.45, 2.75) is 0 Å². The van der Waals surface area contributed by atoms with Crippen LogP contribution in [0.2, 0.25) is 0 Å². The quantitative estimate of drug-likeness (QED) is 0.492. The minimum Gasteiger partial charge on any atom is -0.130 e. The average molecular weight is 328 g/mol. The van der Waals surface area contributed by atoms with Crippen LogP contribution in [0.3, 0.4) is 0 Å². The summed E-state index contributed by atoms with van der Waals surface area (Å²) >= 11 is 4.64. The van der Waals surface area contributed by atoms with Gasteiger partial charge in [-0.15, -0.1) is 11.6 Å². The molecule has 0 aromatic heterocycles. The number of hydrogen-bond donors (Lipinski definition) is 0. The van der Waals surface area contributed by atoms with Gasteiger partial charge in [-0.1, -0.05) is 54.6 Å². The smallest absolute Gasteiger partial charge is 0.109 e. The highest BCUT2D eigenvalue weighted by Crippen LogP contribution is 2.51. The fraction of sp³-hybridized carbons (Fsp3) is 0.100. The van der Waals surface area contributed by atoms with Gasteiger partial charge in [-0.05, 0) is 36.4 Å². The summed E-state index contributed by atoms with van der Waals surface area (Å²) in [6, 6.07) is 32.6.